The van der Waals surface area contributed by atoms with Crippen LogP contribution in [0.15, 0.2) is 0 Å². The van der Waals surface area contributed by atoms with Gasteiger partial charge in [-0.3, -0.25) is 4.79 Å². The van der Waals surface area contributed by atoms with Crippen LogP contribution in [0.5, 0.6) is 0 Å². The molecule has 1 nitrogen and oxygen atoms in total. The van der Waals surface area contributed by atoms with E-state index in [1.807, 2.05) is 57.8 Å². The summed E-state index contributed by atoms with van der Waals surface area (Å²) in [6, 6.07) is 0. The Kier molecular flexibility index (Phi) is 12.8. The van der Waals surface area contributed by atoms with Gasteiger partial charge in [-0.15, -0.1) is 11.6 Å². The molecule has 2 saturated carbocycles. The Labute approximate surface area is 128 Å². The first-order valence-corrected chi connectivity index (χ1v) is 6.35. The van der Waals surface area contributed by atoms with Crippen molar-refractivity contribution in [3.05, 3.63) is 63.7 Å². The van der Waals surface area contributed by atoms with E-state index in [2.05, 4.69) is 0 Å². The Bertz CT molecular complexity index is 191. The number of ketones is 1. The predicted molar refractivity (Wildman–Crippen MR) is 71.5 cm³/mol. The van der Waals surface area contributed by atoms with Gasteiger partial charge in [0, 0.05) is 18.2 Å². The van der Waals surface area contributed by atoms with Crippen LogP contribution in [0, 0.1) is 63.7 Å². The van der Waals surface area contributed by atoms with Gasteiger partial charge in [-0.05, 0) is 70.6 Å². The van der Waals surface area contributed by atoms with Gasteiger partial charge in [0.2, 0.25) is 0 Å². The molecule has 2 fully saturated rings. The van der Waals surface area contributed by atoms with Crippen LogP contribution in [0.2, 0.25) is 0 Å². The van der Waals surface area contributed by atoms with E-state index in [4.69, 9.17) is 11.6 Å². The zero-order valence-corrected chi connectivity index (χ0v) is 12.0. The minimum absolute atomic E-state index is 0. The maximum Gasteiger partial charge on any atom is 2.00 e. The van der Waals surface area contributed by atoms with Gasteiger partial charge in [-0.2, -0.15) is 0 Å². The van der Waals surface area contributed by atoms with Crippen molar-refractivity contribution in [3.63, 3.8) is 0 Å². The monoisotopic (exact) mass is 304 g/mol. The summed E-state index contributed by atoms with van der Waals surface area (Å²) in [7, 11) is 0. The van der Waals surface area contributed by atoms with Crippen LogP contribution in [0.25, 0.3) is 0 Å². The number of carbonyl (C=O) groups excluding carboxylic acids is 1. The van der Waals surface area contributed by atoms with E-state index in [9.17, 15) is 4.79 Å². The average Bonchev–Trinajstić information content (AvgIpc) is 3.05. The second-order valence-corrected chi connectivity index (χ2v) is 4.08. The van der Waals surface area contributed by atoms with Gasteiger partial charge in [0.25, 0.3) is 0 Å². The smallest absolute Gasteiger partial charge is 0.299 e. The molecule has 0 bridgehead atoms. The van der Waals surface area contributed by atoms with Crippen LogP contribution in [0.4, 0.5) is 0 Å². The largest absolute Gasteiger partial charge is 2.00 e. The molecule has 0 aromatic rings. The predicted octanol–water partition coefficient (Wildman–Crippen LogP) is 3.39. The van der Waals surface area contributed by atoms with Crippen LogP contribution in [0.1, 0.15) is 19.3 Å². The first-order valence-electron chi connectivity index (χ1n) is 5.82. The van der Waals surface area contributed by atoms with Gasteiger partial charge < -0.3 is 0 Å². The molecule has 0 spiro atoms. The van der Waals surface area contributed by atoms with Gasteiger partial charge in [-0.25, -0.2) is 0 Å². The van der Waals surface area contributed by atoms with E-state index >= 15 is 0 Å². The van der Waals surface area contributed by atoms with Crippen LogP contribution >= 0.6 is 11.6 Å². The van der Waals surface area contributed by atoms with Gasteiger partial charge >= 0.3 is 17.1 Å². The molecule has 3 heteroatoms. The third kappa shape index (κ3) is 8.56. The van der Waals surface area contributed by atoms with Gasteiger partial charge in [0.1, 0.15) is 5.78 Å². The molecule has 2 rings (SSSR count). The second-order valence-electron chi connectivity index (χ2n) is 3.71. The van der Waals surface area contributed by atoms with Crippen LogP contribution < -0.4 is 0 Å². The fraction of sp³-hybridized carbons (Fsp3) is 0.267. The Balaban J connectivity index is 0.000000405. The standard InChI is InChI=1S/C10H12ClO.C5H5.Fe/c11-8-4-3-7-10(12)9-5-1-2-6-9;1-2-4-5-3-1;/h1-2,5-6H,3-4,7-8H2;1-5H;/q;;+2. The van der Waals surface area contributed by atoms with Crippen molar-refractivity contribution in [1.82, 2.24) is 0 Å². The van der Waals surface area contributed by atoms with E-state index in [1.54, 1.807) is 0 Å². The molecule has 10 radical (unpaired) electrons. The van der Waals surface area contributed by atoms with Crippen molar-refractivity contribution in [3.8, 4) is 0 Å². The van der Waals surface area contributed by atoms with Crippen LogP contribution in [-0.2, 0) is 21.9 Å². The summed E-state index contributed by atoms with van der Waals surface area (Å²) in [4.78, 5) is 11.3. The Morgan fingerprint density at radius 1 is 0.889 bits per heavy atom. The maximum atomic E-state index is 11.3. The van der Waals surface area contributed by atoms with Crippen molar-refractivity contribution in [2.24, 2.45) is 0 Å². The van der Waals surface area contributed by atoms with Crippen molar-refractivity contribution in [2.45, 2.75) is 19.3 Å². The van der Waals surface area contributed by atoms with Crippen molar-refractivity contribution < 1.29 is 21.9 Å². The summed E-state index contributed by atoms with van der Waals surface area (Å²) in [6.07, 6.45) is 19.9. The summed E-state index contributed by atoms with van der Waals surface area (Å²) < 4.78 is 0. The second kappa shape index (κ2) is 12.5. The molecule has 0 N–H and O–H groups in total. The fourth-order valence-corrected chi connectivity index (χ4v) is 1.59. The van der Waals surface area contributed by atoms with E-state index in [-0.39, 0.29) is 22.9 Å². The average molecular weight is 305 g/mol. The molecule has 2 aliphatic carbocycles. The van der Waals surface area contributed by atoms with Gasteiger partial charge in [0.15, 0.2) is 0 Å². The maximum absolute atomic E-state index is 11.3. The third-order valence-corrected chi connectivity index (χ3v) is 2.59. The molecule has 0 saturated heterocycles. The zero-order chi connectivity index (χ0) is 12.3. The molecule has 0 atom stereocenters. The van der Waals surface area contributed by atoms with Gasteiger partial charge in [-0.1, -0.05) is 0 Å². The first-order chi connectivity index (χ1) is 8.34. The normalized spacial score (nSPS) is 18.9. The fourth-order valence-electron chi connectivity index (χ4n) is 1.41. The van der Waals surface area contributed by atoms with E-state index in [1.165, 1.54) is 0 Å². The minimum Gasteiger partial charge on any atom is -0.299 e. The van der Waals surface area contributed by atoms with Gasteiger partial charge in [0.05, 0.1) is 0 Å². The molecule has 0 unspecified atom stereocenters. The molecule has 18 heavy (non-hydrogen) atoms. The Morgan fingerprint density at radius 2 is 1.39 bits per heavy atom. The SMILES string of the molecule is O=C(CCCCCl)[C]1[CH][CH][CH][CH]1.[CH]1[CH][CH][CH][CH]1.[Fe+2]. The Morgan fingerprint density at radius 3 is 1.83 bits per heavy atom. The zero-order valence-electron chi connectivity index (χ0n) is 10.2. The number of alkyl halides is 1. The minimum atomic E-state index is 0. The van der Waals surface area contributed by atoms with E-state index in [0.717, 1.165) is 18.8 Å². The number of carbonyl (C=O) groups is 1. The summed E-state index contributed by atoms with van der Waals surface area (Å²) >= 11 is 5.50. The molecule has 96 valence electrons. The molecule has 0 aromatic carbocycles. The summed E-state index contributed by atoms with van der Waals surface area (Å²) in [6.45, 7) is 0. The van der Waals surface area contributed by atoms with E-state index < -0.39 is 0 Å². The number of hydrogen-bond acceptors (Lipinski definition) is 1. The molecule has 2 aliphatic rings. The number of hydrogen-bond donors (Lipinski definition) is 0. The van der Waals surface area contributed by atoms with Crippen LogP contribution in [0.3, 0.4) is 0 Å². The molecule has 0 aromatic heterocycles. The molecular weight excluding hydrogens is 287 g/mol. The first kappa shape index (κ1) is 18.5. The van der Waals surface area contributed by atoms with Crippen molar-refractivity contribution in [1.29, 1.82) is 0 Å². The summed E-state index contributed by atoms with van der Waals surface area (Å²) in [5, 5.41) is 0. The molecule has 0 heterocycles. The summed E-state index contributed by atoms with van der Waals surface area (Å²) in [5.41, 5.74) is 0. The van der Waals surface area contributed by atoms with E-state index in [0.29, 0.717) is 12.3 Å². The molecule has 0 aliphatic heterocycles. The summed E-state index contributed by atoms with van der Waals surface area (Å²) in [5.74, 6) is 1.70. The van der Waals surface area contributed by atoms with Crippen molar-refractivity contribution >= 4 is 17.4 Å². The number of Topliss-reactive ketones (excluding diaryl/α,β-unsaturated/α-hetero) is 1. The Hall–Kier alpha value is 0.479. The molecule has 0 amide bonds. The van der Waals surface area contributed by atoms with Crippen LogP contribution in [-0.4, -0.2) is 11.7 Å². The number of unbranched alkanes of at least 4 members (excludes halogenated alkanes) is 1. The number of rotatable bonds is 5. The third-order valence-electron chi connectivity index (χ3n) is 2.33. The number of halogens is 1. The topological polar surface area (TPSA) is 17.1 Å². The molecular formula is C15H17ClFeO+2. The van der Waals surface area contributed by atoms with Crippen molar-refractivity contribution in [2.75, 3.05) is 5.88 Å². The quantitative estimate of drug-likeness (QED) is 0.432.